The van der Waals surface area contributed by atoms with E-state index in [1.165, 1.54) is 0 Å². The zero-order valence-corrected chi connectivity index (χ0v) is 11.8. The fraction of sp³-hybridized carbons (Fsp3) is 0. The number of hydrogen-bond acceptors (Lipinski definition) is 2. The molecule has 0 fully saturated rings. The second kappa shape index (κ2) is 5.23. The van der Waals surface area contributed by atoms with Gasteiger partial charge in [0.1, 0.15) is 5.15 Å². The molecule has 0 bridgehead atoms. The Morgan fingerprint density at radius 3 is 2.30 bits per heavy atom. The molecular formula is C16H9Cl2NO. The summed E-state index contributed by atoms with van der Waals surface area (Å²) >= 11 is 11.8. The van der Waals surface area contributed by atoms with Crippen LogP contribution in [0.5, 0.6) is 0 Å². The standard InChI is InChI=1S/C16H9Cl2NO/c17-15-14(16(18)20)13(10-6-2-1-3-7-10)11-8-4-5-9-12(11)19-15/h1-9H. The summed E-state index contributed by atoms with van der Waals surface area (Å²) in [6.07, 6.45) is 0. The quantitative estimate of drug-likeness (QED) is 0.496. The SMILES string of the molecule is O=C(Cl)c1c(Cl)nc2ccccc2c1-c1ccccc1. The van der Waals surface area contributed by atoms with Gasteiger partial charge in [-0.05, 0) is 23.2 Å². The van der Waals surface area contributed by atoms with Gasteiger partial charge >= 0.3 is 0 Å². The number of hydrogen-bond donors (Lipinski definition) is 0. The third-order valence-electron chi connectivity index (χ3n) is 3.11. The van der Waals surface area contributed by atoms with Gasteiger partial charge in [-0.1, -0.05) is 60.1 Å². The van der Waals surface area contributed by atoms with E-state index in [-0.39, 0.29) is 10.7 Å². The summed E-state index contributed by atoms with van der Waals surface area (Å²) in [4.78, 5) is 16.0. The van der Waals surface area contributed by atoms with Crippen molar-refractivity contribution in [3.05, 3.63) is 65.3 Å². The number of nitrogens with zero attached hydrogens (tertiary/aromatic N) is 1. The van der Waals surface area contributed by atoms with Gasteiger partial charge in [0.25, 0.3) is 5.24 Å². The molecular weight excluding hydrogens is 293 g/mol. The molecule has 0 radical (unpaired) electrons. The number of carbonyl (C=O) groups excluding carboxylic acids is 1. The maximum absolute atomic E-state index is 11.7. The van der Waals surface area contributed by atoms with Crippen molar-refractivity contribution in [2.45, 2.75) is 0 Å². The van der Waals surface area contributed by atoms with Crippen molar-refractivity contribution in [2.24, 2.45) is 0 Å². The number of carbonyl (C=O) groups is 1. The van der Waals surface area contributed by atoms with Gasteiger partial charge < -0.3 is 0 Å². The fourth-order valence-electron chi connectivity index (χ4n) is 2.27. The molecule has 0 spiro atoms. The molecule has 1 aromatic heterocycles. The molecule has 0 unspecified atom stereocenters. The minimum atomic E-state index is -0.605. The third kappa shape index (κ3) is 2.17. The van der Waals surface area contributed by atoms with Gasteiger partial charge in [0, 0.05) is 10.9 Å². The Kier molecular flexibility index (Phi) is 3.43. The van der Waals surface area contributed by atoms with Crippen molar-refractivity contribution in [1.29, 1.82) is 0 Å². The summed E-state index contributed by atoms with van der Waals surface area (Å²) in [7, 11) is 0. The van der Waals surface area contributed by atoms with Crippen LogP contribution in [-0.2, 0) is 0 Å². The Morgan fingerprint density at radius 1 is 0.950 bits per heavy atom. The summed E-state index contributed by atoms with van der Waals surface area (Å²) in [6, 6.07) is 17.1. The van der Waals surface area contributed by atoms with Crippen LogP contribution in [0.4, 0.5) is 0 Å². The lowest BCUT2D eigenvalue weighted by Gasteiger charge is -2.12. The monoisotopic (exact) mass is 301 g/mol. The summed E-state index contributed by atoms with van der Waals surface area (Å²) < 4.78 is 0. The molecule has 3 aromatic rings. The number of benzene rings is 2. The molecule has 0 aliphatic rings. The number of rotatable bonds is 2. The molecule has 0 N–H and O–H groups in total. The largest absolute Gasteiger partial charge is 0.275 e. The van der Waals surface area contributed by atoms with Crippen molar-refractivity contribution in [1.82, 2.24) is 4.98 Å². The lowest BCUT2D eigenvalue weighted by atomic mass is 9.97. The van der Waals surface area contributed by atoms with Gasteiger partial charge in [0.15, 0.2) is 0 Å². The molecule has 0 aliphatic heterocycles. The van der Waals surface area contributed by atoms with Crippen LogP contribution in [0.2, 0.25) is 5.15 Å². The molecule has 3 rings (SSSR count). The minimum Gasteiger partial charge on any atom is -0.275 e. The van der Waals surface area contributed by atoms with Crippen LogP contribution in [-0.4, -0.2) is 10.2 Å². The first-order valence-corrected chi connectivity index (χ1v) is 6.77. The van der Waals surface area contributed by atoms with Gasteiger partial charge in [-0.15, -0.1) is 0 Å². The van der Waals surface area contributed by atoms with Crippen LogP contribution in [0.15, 0.2) is 54.6 Å². The van der Waals surface area contributed by atoms with E-state index < -0.39 is 5.24 Å². The number of pyridine rings is 1. The van der Waals surface area contributed by atoms with Crippen molar-refractivity contribution in [3.8, 4) is 11.1 Å². The molecule has 2 aromatic carbocycles. The predicted molar refractivity (Wildman–Crippen MR) is 82.4 cm³/mol. The van der Waals surface area contributed by atoms with Crippen LogP contribution >= 0.6 is 23.2 Å². The Bertz CT molecular complexity index is 800. The fourth-order valence-corrected chi connectivity index (χ4v) is 2.77. The first-order valence-electron chi connectivity index (χ1n) is 6.02. The van der Waals surface area contributed by atoms with Crippen LogP contribution in [0.1, 0.15) is 10.4 Å². The van der Waals surface area contributed by atoms with E-state index in [0.29, 0.717) is 0 Å². The van der Waals surface area contributed by atoms with Crippen molar-refractivity contribution < 1.29 is 4.79 Å². The zero-order valence-electron chi connectivity index (χ0n) is 10.3. The molecule has 1 heterocycles. The molecule has 0 amide bonds. The van der Waals surface area contributed by atoms with Gasteiger partial charge in [-0.3, -0.25) is 4.79 Å². The van der Waals surface area contributed by atoms with Crippen LogP contribution in [0.3, 0.4) is 0 Å². The maximum Gasteiger partial charge on any atom is 0.256 e. The highest BCUT2D eigenvalue weighted by Crippen LogP contribution is 2.35. The second-order valence-corrected chi connectivity index (χ2v) is 5.01. The van der Waals surface area contributed by atoms with Crippen molar-refractivity contribution in [3.63, 3.8) is 0 Å². The average Bonchev–Trinajstić information content (AvgIpc) is 2.46. The second-order valence-electron chi connectivity index (χ2n) is 4.31. The van der Waals surface area contributed by atoms with E-state index in [2.05, 4.69) is 4.98 Å². The molecule has 20 heavy (non-hydrogen) atoms. The number of aromatic nitrogens is 1. The Morgan fingerprint density at radius 2 is 1.60 bits per heavy atom. The summed E-state index contributed by atoms with van der Waals surface area (Å²) in [5.74, 6) is 0. The Balaban J connectivity index is 2.48. The Labute approximate surface area is 126 Å². The summed E-state index contributed by atoms with van der Waals surface area (Å²) in [5.41, 5.74) is 2.59. The Hall–Kier alpha value is -1.90. The molecule has 0 aliphatic carbocycles. The summed E-state index contributed by atoms with van der Waals surface area (Å²) in [6.45, 7) is 0. The van der Waals surface area contributed by atoms with E-state index in [1.807, 2.05) is 54.6 Å². The minimum absolute atomic E-state index is 0.127. The first kappa shape index (κ1) is 13.1. The topological polar surface area (TPSA) is 30.0 Å². The van der Waals surface area contributed by atoms with Crippen molar-refractivity contribution >= 4 is 39.3 Å². The highest BCUT2D eigenvalue weighted by Gasteiger charge is 2.19. The predicted octanol–water partition coefficient (Wildman–Crippen LogP) is 4.93. The highest BCUT2D eigenvalue weighted by molar-refractivity contribution is 6.69. The van der Waals surface area contributed by atoms with Crippen LogP contribution in [0.25, 0.3) is 22.0 Å². The number of para-hydroxylation sites is 1. The molecule has 0 atom stereocenters. The van der Waals surface area contributed by atoms with E-state index in [0.717, 1.165) is 22.0 Å². The molecule has 98 valence electrons. The third-order valence-corrected chi connectivity index (χ3v) is 3.57. The average molecular weight is 302 g/mol. The lowest BCUT2D eigenvalue weighted by molar-refractivity contribution is 0.108. The van der Waals surface area contributed by atoms with Crippen molar-refractivity contribution in [2.75, 3.05) is 0 Å². The van der Waals surface area contributed by atoms with Gasteiger partial charge in [0.2, 0.25) is 0 Å². The summed E-state index contributed by atoms with van der Waals surface area (Å²) in [5, 5.41) is 0.377. The van der Waals surface area contributed by atoms with Crippen LogP contribution in [0, 0.1) is 0 Å². The molecule has 0 saturated carbocycles. The van der Waals surface area contributed by atoms with Gasteiger partial charge in [0.05, 0.1) is 11.1 Å². The lowest BCUT2D eigenvalue weighted by Crippen LogP contribution is -1.99. The number of halogens is 2. The normalized spacial score (nSPS) is 10.7. The molecule has 4 heteroatoms. The zero-order chi connectivity index (χ0) is 14.1. The van der Waals surface area contributed by atoms with E-state index in [1.54, 1.807) is 0 Å². The highest BCUT2D eigenvalue weighted by atomic mass is 35.5. The van der Waals surface area contributed by atoms with Crippen LogP contribution < -0.4 is 0 Å². The van der Waals surface area contributed by atoms with E-state index >= 15 is 0 Å². The molecule has 2 nitrogen and oxygen atoms in total. The number of fused-ring (bicyclic) bond motifs is 1. The van der Waals surface area contributed by atoms with Gasteiger partial charge in [-0.25, -0.2) is 4.98 Å². The maximum atomic E-state index is 11.7. The molecule has 0 saturated heterocycles. The van der Waals surface area contributed by atoms with E-state index in [9.17, 15) is 4.79 Å². The smallest absolute Gasteiger partial charge is 0.256 e. The van der Waals surface area contributed by atoms with Gasteiger partial charge in [-0.2, -0.15) is 0 Å². The van der Waals surface area contributed by atoms with E-state index in [4.69, 9.17) is 23.2 Å². The first-order chi connectivity index (χ1) is 9.68.